The van der Waals surface area contributed by atoms with E-state index in [-0.39, 0.29) is 11.1 Å². The Morgan fingerprint density at radius 3 is 2.65 bits per heavy atom. The zero-order chi connectivity index (χ0) is 12.6. The van der Waals surface area contributed by atoms with Gasteiger partial charge in [-0.05, 0) is 30.7 Å². The predicted molar refractivity (Wildman–Crippen MR) is 60.7 cm³/mol. The fourth-order valence-electron chi connectivity index (χ4n) is 1.65. The minimum atomic E-state index is -1.30. The number of methoxy groups -OCH3 is 1. The number of rotatable bonds is 2. The Kier molecular flexibility index (Phi) is 2.59. The molecule has 0 aliphatic carbocycles. The summed E-state index contributed by atoms with van der Waals surface area (Å²) >= 11 is 0. The van der Waals surface area contributed by atoms with Crippen LogP contribution in [-0.2, 0) is 0 Å². The molecule has 1 aromatic carbocycles. The van der Waals surface area contributed by atoms with E-state index in [0.29, 0.717) is 11.1 Å². The van der Waals surface area contributed by atoms with Gasteiger partial charge < -0.3 is 14.3 Å². The second kappa shape index (κ2) is 3.93. The zero-order valence-electron chi connectivity index (χ0n) is 9.31. The van der Waals surface area contributed by atoms with Crippen LogP contribution in [0.5, 0.6) is 5.75 Å². The third kappa shape index (κ3) is 1.87. The highest BCUT2D eigenvalue weighted by Crippen LogP contribution is 2.26. The Balaban J connectivity index is 2.87. The fourth-order valence-corrected chi connectivity index (χ4v) is 1.65. The number of aromatic carboxylic acids is 1. The topological polar surface area (TPSA) is 76.7 Å². The standard InChI is InChI=1S/C12H10O5/c1-6-3-7-5-8(11(13)14)12(15)17-10(7)9(4-6)16-2/h3-5H,1-2H3,(H,13,14). The van der Waals surface area contributed by atoms with Crippen molar-refractivity contribution in [1.82, 2.24) is 0 Å². The van der Waals surface area contributed by atoms with Gasteiger partial charge in [0, 0.05) is 5.39 Å². The maximum atomic E-state index is 11.4. The van der Waals surface area contributed by atoms with Gasteiger partial charge in [0.2, 0.25) is 0 Å². The van der Waals surface area contributed by atoms with E-state index in [9.17, 15) is 9.59 Å². The third-order valence-electron chi connectivity index (χ3n) is 2.39. The summed E-state index contributed by atoms with van der Waals surface area (Å²) in [5.74, 6) is -0.893. The van der Waals surface area contributed by atoms with Crippen LogP contribution >= 0.6 is 0 Å². The Bertz CT molecular complexity index is 654. The van der Waals surface area contributed by atoms with E-state index >= 15 is 0 Å². The molecule has 2 aromatic rings. The van der Waals surface area contributed by atoms with Crippen molar-refractivity contribution in [2.75, 3.05) is 7.11 Å². The molecular weight excluding hydrogens is 224 g/mol. The molecule has 0 saturated heterocycles. The Labute approximate surface area is 96.2 Å². The van der Waals surface area contributed by atoms with E-state index in [1.807, 2.05) is 6.92 Å². The van der Waals surface area contributed by atoms with E-state index in [2.05, 4.69) is 0 Å². The second-order valence-corrected chi connectivity index (χ2v) is 3.64. The summed E-state index contributed by atoms with van der Waals surface area (Å²) in [4.78, 5) is 22.2. The highest BCUT2D eigenvalue weighted by molar-refractivity contribution is 5.93. The van der Waals surface area contributed by atoms with Crippen molar-refractivity contribution in [3.8, 4) is 5.75 Å². The average molecular weight is 234 g/mol. The summed E-state index contributed by atoms with van der Waals surface area (Å²) < 4.78 is 10.1. The second-order valence-electron chi connectivity index (χ2n) is 3.64. The highest BCUT2D eigenvalue weighted by Gasteiger charge is 2.14. The van der Waals surface area contributed by atoms with Crippen LogP contribution in [0.4, 0.5) is 0 Å². The minimum absolute atomic E-state index is 0.258. The summed E-state index contributed by atoms with van der Waals surface area (Å²) in [6.07, 6.45) is 0. The number of ether oxygens (including phenoxy) is 1. The first-order chi connectivity index (χ1) is 8.02. The quantitative estimate of drug-likeness (QED) is 0.802. The lowest BCUT2D eigenvalue weighted by atomic mass is 10.1. The van der Waals surface area contributed by atoms with E-state index in [1.54, 1.807) is 12.1 Å². The molecule has 0 atom stereocenters. The highest BCUT2D eigenvalue weighted by atomic mass is 16.5. The molecule has 0 radical (unpaired) electrons. The van der Waals surface area contributed by atoms with Crippen molar-refractivity contribution in [3.63, 3.8) is 0 Å². The van der Waals surface area contributed by atoms with Crippen LogP contribution in [0.2, 0.25) is 0 Å². The lowest BCUT2D eigenvalue weighted by molar-refractivity contribution is 0.0692. The van der Waals surface area contributed by atoms with E-state index in [1.165, 1.54) is 13.2 Å². The van der Waals surface area contributed by atoms with Crippen molar-refractivity contribution >= 4 is 16.9 Å². The minimum Gasteiger partial charge on any atom is -0.493 e. The summed E-state index contributed by atoms with van der Waals surface area (Å²) in [5, 5.41) is 9.36. The molecule has 0 saturated carbocycles. The van der Waals surface area contributed by atoms with Crippen LogP contribution in [0.15, 0.2) is 27.4 Å². The number of carboxylic acids is 1. The Morgan fingerprint density at radius 1 is 1.35 bits per heavy atom. The molecule has 0 aliphatic rings. The predicted octanol–water partition coefficient (Wildman–Crippen LogP) is 1.81. The molecule has 2 rings (SSSR count). The summed E-state index contributed by atoms with van der Waals surface area (Å²) in [6, 6.07) is 4.73. The average Bonchev–Trinajstić information content (AvgIpc) is 2.27. The molecule has 0 bridgehead atoms. The van der Waals surface area contributed by atoms with Crippen molar-refractivity contribution in [3.05, 3.63) is 39.7 Å². The molecule has 0 aliphatic heterocycles. The van der Waals surface area contributed by atoms with Gasteiger partial charge in [-0.3, -0.25) is 0 Å². The van der Waals surface area contributed by atoms with Crippen LogP contribution in [0.1, 0.15) is 15.9 Å². The molecule has 0 fully saturated rings. The normalized spacial score (nSPS) is 10.5. The van der Waals surface area contributed by atoms with Gasteiger partial charge >= 0.3 is 11.6 Å². The van der Waals surface area contributed by atoms with Gasteiger partial charge in [-0.15, -0.1) is 0 Å². The number of fused-ring (bicyclic) bond motifs is 1. The molecule has 5 heteroatoms. The monoisotopic (exact) mass is 234 g/mol. The van der Waals surface area contributed by atoms with Crippen LogP contribution in [0, 0.1) is 6.92 Å². The van der Waals surface area contributed by atoms with Crippen LogP contribution in [0.3, 0.4) is 0 Å². The number of aryl methyl sites for hydroxylation is 1. The van der Waals surface area contributed by atoms with Crippen molar-refractivity contribution in [2.24, 2.45) is 0 Å². The van der Waals surface area contributed by atoms with Gasteiger partial charge in [-0.2, -0.15) is 0 Å². The molecule has 17 heavy (non-hydrogen) atoms. The SMILES string of the molecule is COc1cc(C)cc2cc(C(=O)O)c(=O)oc12. The molecule has 0 amide bonds. The lowest BCUT2D eigenvalue weighted by Gasteiger charge is -2.05. The van der Waals surface area contributed by atoms with Crippen molar-refractivity contribution < 1.29 is 19.1 Å². The zero-order valence-corrected chi connectivity index (χ0v) is 9.31. The van der Waals surface area contributed by atoms with Gasteiger partial charge in [0.15, 0.2) is 11.3 Å². The smallest absolute Gasteiger partial charge is 0.351 e. The first kappa shape index (κ1) is 11.2. The maximum Gasteiger partial charge on any atom is 0.351 e. The molecule has 1 heterocycles. The molecular formula is C12H10O5. The maximum absolute atomic E-state index is 11.4. The number of benzene rings is 1. The first-order valence-electron chi connectivity index (χ1n) is 4.88. The van der Waals surface area contributed by atoms with E-state index in [0.717, 1.165) is 5.56 Å². The van der Waals surface area contributed by atoms with E-state index < -0.39 is 11.6 Å². The fraction of sp³-hybridized carbons (Fsp3) is 0.167. The van der Waals surface area contributed by atoms with Crippen molar-refractivity contribution in [2.45, 2.75) is 6.92 Å². The summed E-state index contributed by atoms with van der Waals surface area (Å²) in [6.45, 7) is 1.84. The Morgan fingerprint density at radius 2 is 2.06 bits per heavy atom. The Hall–Kier alpha value is -2.30. The first-order valence-corrected chi connectivity index (χ1v) is 4.88. The summed E-state index contributed by atoms with van der Waals surface area (Å²) in [7, 11) is 1.46. The number of carbonyl (C=O) groups is 1. The van der Waals surface area contributed by atoms with Crippen LogP contribution in [0.25, 0.3) is 11.0 Å². The van der Waals surface area contributed by atoms with Crippen LogP contribution in [-0.4, -0.2) is 18.2 Å². The third-order valence-corrected chi connectivity index (χ3v) is 2.39. The van der Waals surface area contributed by atoms with Gasteiger partial charge in [-0.1, -0.05) is 0 Å². The van der Waals surface area contributed by atoms with Crippen LogP contribution < -0.4 is 10.4 Å². The summed E-state index contributed by atoms with van der Waals surface area (Å²) in [5.41, 5.74) is -0.120. The molecule has 1 N–H and O–H groups in total. The van der Waals surface area contributed by atoms with Gasteiger partial charge in [0.1, 0.15) is 5.56 Å². The molecule has 1 aromatic heterocycles. The molecule has 0 spiro atoms. The number of carboxylic acid groups (broad SMARTS) is 1. The lowest BCUT2D eigenvalue weighted by Crippen LogP contribution is -2.13. The number of hydrogen-bond donors (Lipinski definition) is 1. The van der Waals surface area contributed by atoms with Gasteiger partial charge in [0.05, 0.1) is 7.11 Å². The molecule has 88 valence electrons. The largest absolute Gasteiger partial charge is 0.493 e. The number of hydrogen-bond acceptors (Lipinski definition) is 4. The molecule has 0 unspecified atom stereocenters. The molecule has 5 nitrogen and oxygen atoms in total. The van der Waals surface area contributed by atoms with Crippen molar-refractivity contribution in [1.29, 1.82) is 0 Å². The van der Waals surface area contributed by atoms with Gasteiger partial charge in [-0.25, -0.2) is 9.59 Å². The van der Waals surface area contributed by atoms with E-state index in [4.69, 9.17) is 14.3 Å². The van der Waals surface area contributed by atoms with Gasteiger partial charge in [0.25, 0.3) is 0 Å².